The highest BCUT2D eigenvalue weighted by molar-refractivity contribution is 5.93. The Morgan fingerprint density at radius 2 is 0.313 bits per heavy atom. The van der Waals surface area contributed by atoms with Crippen LogP contribution in [-0.2, 0) is 5.41 Å². The Kier molecular flexibility index (Phi) is 21.2. The fraction of sp³-hybridized carbons (Fsp3) is 0.0246. The summed E-state index contributed by atoms with van der Waals surface area (Å²) in [6.07, 6.45) is 0. The van der Waals surface area contributed by atoms with Gasteiger partial charge in [-0.2, -0.15) is 0 Å². The van der Waals surface area contributed by atoms with E-state index in [9.17, 15) is 0 Å². The summed E-state index contributed by atoms with van der Waals surface area (Å²) >= 11 is 0. The van der Waals surface area contributed by atoms with Crippen molar-refractivity contribution >= 4 is 53.9 Å². The number of hydrogen-bond acceptors (Lipinski definition) is 9. The van der Waals surface area contributed by atoms with E-state index in [2.05, 4.69) is 463 Å². The second-order valence-electron chi connectivity index (χ2n) is 33.7. The van der Waals surface area contributed by atoms with Gasteiger partial charge in [0, 0.05) is 55.5 Å². The lowest BCUT2D eigenvalue weighted by Gasteiger charge is -2.21. The summed E-state index contributed by atoms with van der Waals surface area (Å²) in [5.41, 5.74) is 25.3. The summed E-state index contributed by atoms with van der Waals surface area (Å²) in [4.78, 5) is 45.3. The van der Waals surface area contributed by atoms with Crippen LogP contribution in [0.25, 0.3) is 223 Å². The van der Waals surface area contributed by atoms with Gasteiger partial charge in [-0.05, 0) is 180 Å². The highest BCUT2D eigenvalue weighted by atomic mass is 15.1. The molecule has 0 atom stereocenters. The predicted molar refractivity (Wildman–Crippen MR) is 541 cm³/mol. The number of aromatic nitrogens is 9. The van der Waals surface area contributed by atoms with Crippen molar-refractivity contribution in [2.24, 2.45) is 0 Å². The molecule has 23 aromatic rings. The minimum absolute atomic E-state index is 0.108. The Morgan fingerprint density at radius 1 is 0.122 bits per heavy atom. The van der Waals surface area contributed by atoms with E-state index in [1.54, 1.807) is 0 Å². The molecule has 0 fully saturated rings. The first-order chi connectivity index (χ1) is 64.6. The standard InChI is InChI=1S/2C41H27N3.C40H29N3/c1-2-9-28(10-3-1)31-17-21-32(22-18-31)39-42-40(44-41(43-39)38-24-20-30-12-5-7-14-34(30)26-38)37-16-8-15-35(27-37)36-23-19-29-11-4-6-13-33(29)25-36;1-2-8-28(9-3-1)31-14-20-33(21-15-31)39-42-40(44-41(43-39)38-25-19-30-11-5-7-13-36(30)27-38)34-22-16-32(17-23-34)37-24-18-29-10-4-6-12-35(29)26-37;1-40(2)35-18-9-8-17-33(35)34-22-21-32(25-36(34)40)39-42-37(30-16-10-15-29(23-30)26-11-4-3-5-12-26)41-38(43-39)31-20-19-27-13-6-7-14-28(27)24-31/h2*1-27H;3-25H,1-2H3. The monoisotopic (exact) mass is 1670 g/mol. The van der Waals surface area contributed by atoms with Gasteiger partial charge in [-0.25, -0.2) is 44.9 Å². The maximum absolute atomic E-state index is 5.10. The lowest BCUT2D eigenvalue weighted by atomic mass is 9.82. The predicted octanol–water partition coefficient (Wildman–Crippen LogP) is 31.0. The maximum atomic E-state index is 5.10. The number of hydrogen-bond donors (Lipinski definition) is 0. The molecular weight excluding hydrogens is 1590 g/mol. The van der Waals surface area contributed by atoms with Gasteiger partial charge in [-0.1, -0.05) is 432 Å². The van der Waals surface area contributed by atoms with E-state index < -0.39 is 0 Å². The smallest absolute Gasteiger partial charge is 0.164 e. The molecule has 0 spiro atoms. The number of rotatable bonds is 14. The summed E-state index contributed by atoms with van der Waals surface area (Å²) in [6.45, 7) is 4.60. The highest BCUT2D eigenvalue weighted by Gasteiger charge is 2.36. The second kappa shape index (κ2) is 34.9. The van der Waals surface area contributed by atoms with Gasteiger partial charge in [-0.3, -0.25) is 0 Å². The fourth-order valence-electron chi connectivity index (χ4n) is 17.9. The SMILES string of the molecule is CC1(C)c2ccccc2-c2ccc(-c3nc(-c4cccc(-c5ccccc5)c4)nc(-c4ccc5ccccc5c4)n3)cc21.c1ccc(-c2ccc(-c3nc(-c4ccc(-c5ccc6ccccc6c5)cc4)nc(-c4ccc5ccccc5c4)n3)cc2)cc1.c1ccc(-c2ccc(-c3nc(-c4cccc(-c5ccc6ccccc6c5)c4)nc(-c4ccc5ccccc5c4)n3)cc2)cc1. The molecule has 9 nitrogen and oxygen atoms in total. The lowest BCUT2D eigenvalue weighted by molar-refractivity contribution is 0.660. The summed E-state index contributed by atoms with van der Waals surface area (Å²) < 4.78 is 0. The zero-order chi connectivity index (χ0) is 87.6. The van der Waals surface area contributed by atoms with Gasteiger partial charge >= 0.3 is 0 Å². The van der Waals surface area contributed by atoms with Gasteiger partial charge in [0.2, 0.25) is 0 Å². The van der Waals surface area contributed by atoms with Crippen LogP contribution in [0.15, 0.2) is 467 Å². The van der Waals surface area contributed by atoms with Crippen molar-refractivity contribution in [1.82, 2.24) is 44.9 Å². The maximum Gasteiger partial charge on any atom is 0.164 e. The van der Waals surface area contributed by atoms with E-state index in [0.717, 1.165) is 105 Å². The Balaban J connectivity index is 0.000000115. The third-order valence-corrected chi connectivity index (χ3v) is 24.9. The van der Waals surface area contributed by atoms with Crippen LogP contribution in [0.2, 0.25) is 0 Å². The lowest BCUT2D eigenvalue weighted by Crippen LogP contribution is -2.15. The summed E-state index contributed by atoms with van der Waals surface area (Å²) in [5.74, 6) is 5.90. The Morgan fingerprint density at radius 3 is 0.664 bits per heavy atom. The van der Waals surface area contributed by atoms with Gasteiger partial charge in [-0.15, -0.1) is 0 Å². The molecule has 0 saturated heterocycles. The second-order valence-corrected chi connectivity index (χ2v) is 33.7. The first-order valence-electron chi connectivity index (χ1n) is 44.3. The molecule has 1 aliphatic carbocycles. The van der Waals surface area contributed by atoms with Gasteiger partial charge < -0.3 is 0 Å². The van der Waals surface area contributed by atoms with Crippen LogP contribution in [0, 0.1) is 0 Å². The van der Waals surface area contributed by atoms with Crippen LogP contribution in [0.3, 0.4) is 0 Å². The van der Waals surface area contributed by atoms with Crippen molar-refractivity contribution in [3.63, 3.8) is 0 Å². The van der Waals surface area contributed by atoms with Crippen LogP contribution >= 0.6 is 0 Å². The Labute approximate surface area is 760 Å². The van der Waals surface area contributed by atoms with Crippen molar-refractivity contribution < 1.29 is 0 Å². The molecule has 0 unspecified atom stereocenters. The van der Waals surface area contributed by atoms with Crippen LogP contribution in [0.5, 0.6) is 0 Å². The first-order valence-corrected chi connectivity index (χ1v) is 44.3. The summed E-state index contributed by atoms with van der Waals surface area (Å²) in [5, 5.41) is 11.9. The molecule has 131 heavy (non-hydrogen) atoms. The molecule has 24 rings (SSSR count). The fourth-order valence-corrected chi connectivity index (χ4v) is 17.9. The molecule has 20 aromatic carbocycles. The van der Waals surface area contributed by atoms with Crippen LogP contribution in [0.1, 0.15) is 25.0 Å². The van der Waals surface area contributed by atoms with Crippen LogP contribution < -0.4 is 0 Å². The molecular formula is C122H83N9. The number of nitrogens with zero attached hydrogens (tertiary/aromatic N) is 9. The number of fused-ring (bicyclic) bond motifs is 8. The molecule has 9 heteroatoms. The molecule has 0 amide bonds. The molecule has 0 radical (unpaired) electrons. The van der Waals surface area contributed by atoms with E-state index in [-0.39, 0.29) is 5.41 Å². The topological polar surface area (TPSA) is 116 Å². The zero-order valence-corrected chi connectivity index (χ0v) is 72.0. The largest absolute Gasteiger partial charge is 0.208 e. The van der Waals surface area contributed by atoms with Gasteiger partial charge in [0.05, 0.1) is 0 Å². The van der Waals surface area contributed by atoms with Crippen molar-refractivity contribution in [3.8, 4) is 169 Å². The average molecular weight is 1680 g/mol. The van der Waals surface area contributed by atoms with E-state index in [4.69, 9.17) is 44.9 Å². The van der Waals surface area contributed by atoms with E-state index >= 15 is 0 Å². The molecule has 3 heterocycles. The molecule has 0 bridgehead atoms. The van der Waals surface area contributed by atoms with E-state index in [1.165, 1.54) is 76.6 Å². The molecule has 0 aliphatic heterocycles. The average Bonchev–Trinajstić information content (AvgIpc) is 1.58. The minimum Gasteiger partial charge on any atom is -0.208 e. The zero-order valence-electron chi connectivity index (χ0n) is 72.0. The highest BCUT2D eigenvalue weighted by Crippen LogP contribution is 2.50. The van der Waals surface area contributed by atoms with Crippen LogP contribution in [0.4, 0.5) is 0 Å². The molecule has 0 saturated carbocycles. The molecule has 3 aromatic heterocycles. The van der Waals surface area contributed by atoms with Gasteiger partial charge in [0.25, 0.3) is 0 Å². The minimum atomic E-state index is -0.108. The number of benzene rings is 20. The molecule has 616 valence electrons. The van der Waals surface area contributed by atoms with E-state index in [1.807, 2.05) is 18.2 Å². The van der Waals surface area contributed by atoms with Gasteiger partial charge in [0.15, 0.2) is 52.4 Å². The van der Waals surface area contributed by atoms with Crippen LogP contribution in [-0.4, -0.2) is 44.9 Å². The first kappa shape index (κ1) is 79.6. The van der Waals surface area contributed by atoms with Crippen molar-refractivity contribution in [2.45, 2.75) is 19.3 Å². The summed E-state index contributed by atoms with van der Waals surface area (Å²) in [6, 6.07) is 163. The quantitative estimate of drug-likeness (QED) is 0.105. The molecule has 0 N–H and O–H groups in total. The van der Waals surface area contributed by atoms with Crippen molar-refractivity contribution in [3.05, 3.63) is 478 Å². The molecule has 1 aliphatic rings. The van der Waals surface area contributed by atoms with Crippen molar-refractivity contribution in [1.29, 1.82) is 0 Å². The third-order valence-electron chi connectivity index (χ3n) is 24.9. The van der Waals surface area contributed by atoms with Gasteiger partial charge in [0.1, 0.15) is 0 Å². The normalized spacial score (nSPS) is 11.8. The third kappa shape index (κ3) is 16.6. The summed E-state index contributed by atoms with van der Waals surface area (Å²) in [7, 11) is 0. The van der Waals surface area contributed by atoms with E-state index in [0.29, 0.717) is 52.4 Å². The van der Waals surface area contributed by atoms with Crippen molar-refractivity contribution in [2.75, 3.05) is 0 Å². The Hall–Kier alpha value is -17.3. The Bertz CT molecular complexity index is 8230.